The van der Waals surface area contributed by atoms with Crippen LogP contribution in [0.25, 0.3) is 0 Å². The van der Waals surface area contributed by atoms with E-state index in [1.54, 1.807) is 0 Å². The Balaban J connectivity index is 2.65. The standard InChI is InChI=1S/C17H33N3O/c1-7-18-11-17-10-16(15(4)21-17)13-20(12-14(2)3)9-8-19(5)6/h10,14,18H,7-9,11-13H2,1-6H3. The van der Waals surface area contributed by atoms with Crippen molar-refractivity contribution >= 4 is 0 Å². The van der Waals surface area contributed by atoms with Crippen LogP contribution >= 0.6 is 0 Å². The van der Waals surface area contributed by atoms with E-state index in [1.807, 2.05) is 0 Å². The van der Waals surface area contributed by atoms with Gasteiger partial charge in [-0.1, -0.05) is 20.8 Å². The summed E-state index contributed by atoms with van der Waals surface area (Å²) in [6.07, 6.45) is 0. The molecule has 0 amide bonds. The predicted octanol–water partition coefficient (Wildman–Crippen LogP) is 2.72. The monoisotopic (exact) mass is 295 g/mol. The van der Waals surface area contributed by atoms with E-state index in [2.05, 4.69) is 63.0 Å². The van der Waals surface area contributed by atoms with Crippen molar-refractivity contribution in [1.29, 1.82) is 0 Å². The molecule has 21 heavy (non-hydrogen) atoms. The molecule has 0 aliphatic heterocycles. The van der Waals surface area contributed by atoms with E-state index >= 15 is 0 Å². The molecular weight excluding hydrogens is 262 g/mol. The van der Waals surface area contributed by atoms with Gasteiger partial charge < -0.3 is 14.6 Å². The molecule has 0 fully saturated rings. The Labute approximate surface area is 130 Å². The van der Waals surface area contributed by atoms with E-state index in [0.717, 1.165) is 50.8 Å². The topological polar surface area (TPSA) is 31.6 Å². The molecular formula is C17H33N3O. The molecule has 1 aromatic rings. The van der Waals surface area contributed by atoms with Crippen LogP contribution in [0.1, 0.15) is 37.9 Å². The SMILES string of the molecule is CCNCc1cc(CN(CCN(C)C)CC(C)C)c(C)o1. The highest BCUT2D eigenvalue weighted by atomic mass is 16.3. The van der Waals surface area contributed by atoms with Crippen molar-refractivity contribution in [3.63, 3.8) is 0 Å². The summed E-state index contributed by atoms with van der Waals surface area (Å²) in [6, 6.07) is 2.21. The minimum atomic E-state index is 0.681. The summed E-state index contributed by atoms with van der Waals surface area (Å²) in [5.41, 5.74) is 1.32. The summed E-state index contributed by atoms with van der Waals surface area (Å²) in [7, 11) is 4.26. The van der Waals surface area contributed by atoms with Gasteiger partial charge >= 0.3 is 0 Å². The zero-order valence-corrected chi connectivity index (χ0v) is 14.7. The maximum absolute atomic E-state index is 5.85. The fourth-order valence-corrected chi connectivity index (χ4v) is 2.41. The Bertz CT molecular complexity index is 399. The Kier molecular flexibility index (Phi) is 8.01. The zero-order chi connectivity index (χ0) is 15.8. The van der Waals surface area contributed by atoms with E-state index in [9.17, 15) is 0 Å². The first kappa shape index (κ1) is 18.2. The number of rotatable bonds is 10. The molecule has 0 spiro atoms. The lowest BCUT2D eigenvalue weighted by Crippen LogP contribution is -2.34. The van der Waals surface area contributed by atoms with Crippen LogP contribution in [0.15, 0.2) is 10.5 Å². The molecule has 0 bridgehead atoms. The van der Waals surface area contributed by atoms with Crippen LogP contribution in [-0.2, 0) is 13.1 Å². The summed E-state index contributed by atoms with van der Waals surface area (Å²) in [4.78, 5) is 4.77. The maximum atomic E-state index is 5.85. The average molecular weight is 295 g/mol. The van der Waals surface area contributed by atoms with Gasteiger partial charge in [-0.2, -0.15) is 0 Å². The molecule has 1 rings (SSSR count). The number of hydrogen-bond donors (Lipinski definition) is 1. The third kappa shape index (κ3) is 7.11. The molecule has 1 aromatic heterocycles. The van der Waals surface area contributed by atoms with Crippen molar-refractivity contribution in [3.8, 4) is 0 Å². The Morgan fingerprint density at radius 3 is 2.52 bits per heavy atom. The molecule has 0 unspecified atom stereocenters. The van der Waals surface area contributed by atoms with Crippen molar-refractivity contribution in [2.24, 2.45) is 5.92 Å². The second-order valence-corrected chi connectivity index (χ2v) is 6.51. The van der Waals surface area contributed by atoms with Gasteiger partial charge in [-0.25, -0.2) is 0 Å². The van der Waals surface area contributed by atoms with Gasteiger partial charge in [0.05, 0.1) is 6.54 Å². The Hall–Kier alpha value is -0.840. The minimum Gasteiger partial charge on any atom is -0.465 e. The van der Waals surface area contributed by atoms with Crippen molar-refractivity contribution in [1.82, 2.24) is 15.1 Å². The number of nitrogens with zero attached hydrogens (tertiary/aromatic N) is 2. The van der Waals surface area contributed by atoms with Gasteiger partial charge in [0, 0.05) is 31.7 Å². The second-order valence-electron chi connectivity index (χ2n) is 6.51. The molecule has 0 aliphatic rings. The molecule has 0 aliphatic carbocycles. The van der Waals surface area contributed by atoms with Gasteiger partial charge in [-0.05, 0) is 39.5 Å². The molecule has 0 aromatic carbocycles. The van der Waals surface area contributed by atoms with Crippen LogP contribution < -0.4 is 5.32 Å². The van der Waals surface area contributed by atoms with Crippen molar-refractivity contribution in [2.75, 3.05) is 40.3 Å². The minimum absolute atomic E-state index is 0.681. The molecule has 122 valence electrons. The molecule has 1 heterocycles. The highest BCUT2D eigenvalue weighted by molar-refractivity contribution is 5.20. The number of hydrogen-bond acceptors (Lipinski definition) is 4. The van der Waals surface area contributed by atoms with E-state index in [0.29, 0.717) is 5.92 Å². The third-order valence-electron chi connectivity index (χ3n) is 3.50. The fraction of sp³-hybridized carbons (Fsp3) is 0.765. The van der Waals surface area contributed by atoms with Crippen LogP contribution in [0.2, 0.25) is 0 Å². The van der Waals surface area contributed by atoms with Gasteiger partial charge in [-0.3, -0.25) is 4.90 Å². The summed E-state index contributed by atoms with van der Waals surface area (Å²) >= 11 is 0. The van der Waals surface area contributed by atoms with Gasteiger partial charge in [0.1, 0.15) is 11.5 Å². The maximum Gasteiger partial charge on any atom is 0.118 e. The third-order valence-corrected chi connectivity index (χ3v) is 3.50. The second kappa shape index (κ2) is 9.23. The predicted molar refractivity (Wildman–Crippen MR) is 89.5 cm³/mol. The number of furan rings is 1. The number of aryl methyl sites for hydroxylation is 1. The molecule has 4 heteroatoms. The van der Waals surface area contributed by atoms with E-state index in [4.69, 9.17) is 4.42 Å². The lowest BCUT2D eigenvalue weighted by molar-refractivity contribution is 0.211. The van der Waals surface area contributed by atoms with Gasteiger partial charge in [-0.15, -0.1) is 0 Å². The summed E-state index contributed by atoms with van der Waals surface area (Å²) in [5.74, 6) is 2.78. The van der Waals surface area contributed by atoms with Crippen LogP contribution in [-0.4, -0.2) is 50.1 Å². The van der Waals surface area contributed by atoms with Crippen LogP contribution in [0, 0.1) is 12.8 Å². The first-order valence-electron chi connectivity index (χ1n) is 8.08. The number of nitrogens with one attached hydrogen (secondary N) is 1. The van der Waals surface area contributed by atoms with Crippen LogP contribution in [0.3, 0.4) is 0 Å². The van der Waals surface area contributed by atoms with Crippen molar-refractivity contribution in [2.45, 2.75) is 40.8 Å². The van der Waals surface area contributed by atoms with E-state index < -0.39 is 0 Å². The van der Waals surface area contributed by atoms with Crippen molar-refractivity contribution in [3.05, 3.63) is 23.2 Å². The first-order valence-corrected chi connectivity index (χ1v) is 8.08. The quantitative estimate of drug-likeness (QED) is 0.719. The van der Waals surface area contributed by atoms with Crippen molar-refractivity contribution < 1.29 is 4.42 Å². The lowest BCUT2D eigenvalue weighted by Gasteiger charge is -2.25. The summed E-state index contributed by atoms with van der Waals surface area (Å²) in [6.45, 7) is 14.8. The Morgan fingerprint density at radius 1 is 1.24 bits per heavy atom. The molecule has 0 saturated heterocycles. The normalized spacial score (nSPS) is 12.0. The Morgan fingerprint density at radius 2 is 1.95 bits per heavy atom. The largest absolute Gasteiger partial charge is 0.465 e. The molecule has 0 radical (unpaired) electrons. The summed E-state index contributed by atoms with van der Waals surface area (Å²) in [5, 5.41) is 3.32. The average Bonchev–Trinajstić information content (AvgIpc) is 2.73. The van der Waals surface area contributed by atoms with Gasteiger partial charge in [0.25, 0.3) is 0 Å². The molecule has 4 nitrogen and oxygen atoms in total. The summed E-state index contributed by atoms with van der Waals surface area (Å²) < 4.78 is 5.85. The van der Waals surface area contributed by atoms with Gasteiger partial charge in [0.15, 0.2) is 0 Å². The highest BCUT2D eigenvalue weighted by Crippen LogP contribution is 2.17. The molecule has 0 saturated carbocycles. The zero-order valence-electron chi connectivity index (χ0n) is 14.7. The fourth-order valence-electron chi connectivity index (χ4n) is 2.41. The van der Waals surface area contributed by atoms with E-state index in [-0.39, 0.29) is 0 Å². The lowest BCUT2D eigenvalue weighted by atomic mass is 10.1. The molecule has 1 N–H and O–H groups in total. The van der Waals surface area contributed by atoms with E-state index in [1.165, 1.54) is 5.56 Å². The molecule has 0 atom stereocenters. The van der Waals surface area contributed by atoms with Crippen LogP contribution in [0.4, 0.5) is 0 Å². The van der Waals surface area contributed by atoms with Gasteiger partial charge in [0.2, 0.25) is 0 Å². The smallest absolute Gasteiger partial charge is 0.118 e. The first-order chi connectivity index (χ1) is 9.92. The van der Waals surface area contributed by atoms with Crippen LogP contribution in [0.5, 0.6) is 0 Å². The number of likely N-dealkylation sites (N-methyl/N-ethyl adjacent to an activating group) is 1. The highest BCUT2D eigenvalue weighted by Gasteiger charge is 2.13.